The van der Waals surface area contributed by atoms with Crippen LogP contribution in [0.5, 0.6) is 0 Å². The minimum absolute atomic E-state index is 0. The van der Waals surface area contributed by atoms with Crippen molar-refractivity contribution < 1.29 is 34.7 Å². The summed E-state index contributed by atoms with van der Waals surface area (Å²) in [4.78, 5) is 0. The third kappa shape index (κ3) is 3.30. The average Bonchev–Trinajstić information content (AvgIpc) is 1.79. The van der Waals surface area contributed by atoms with E-state index in [1.807, 2.05) is 6.92 Å². The fourth-order valence-corrected chi connectivity index (χ4v) is 1.19. The van der Waals surface area contributed by atoms with Gasteiger partial charge >= 0.3 is 29.6 Å². The van der Waals surface area contributed by atoms with Crippen LogP contribution in [-0.4, -0.2) is 5.60 Å². The summed E-state index contributed by atoms with van der Waals surface area (Å²) in [5, 5.41) is 12.0. The fourth-order valence-electron chi connectivity index (χ4n) is 1.06. The Morgan fingerprint density at radius 3 is 2.55 bits per heavy atom. The predicted octanol–water partition coefficient (Wildman–Crippen LogP) is -1.42. The number of halogens is 1. The van der Waals surface area contributed by atoms with Crippen molar-refractivity contribution in [3.05, 3.63) is 22.8 Å². The monoisotopic (exact) mass is 180 g/mol. The molecule has 0 aliphatic heterocycles. The van der Waals surface area contributed by atoms with Crippen molar-refractivity contribution in [1.29, 1.82) is 0 Å². The van der Waals surface area contributed by atoms with E-state index in [-0.39, 0.29) is 29.6 Å². The van der Waals surface area contributed by atoms with Gasteiger partial charge < -0.3 is 5.11 Å². The zero-order valence-electron chi connectivity index (χ0n) is 7.15. The summed E-state index contributed by atoms with van der Waals surface area (Å²) in [6, 6.07) is 0. The van der Waals surface area contributed by atoms with Crippen LogP contribution in [0, 0.1) is 0 Å². The van der Waals surface area contributed by atoms with E-state index < -0.39 is 5.60 Å². The minimum atomic E-state index is -0.942. The number of hydrogen-bond acceptors (Lipinski definition) is 1. The van der Waals surface area contributed by atoms with Crippen LogP contribution >= 0.6 is 11.6 Å². The van der Waals surface area contributed by atoms with Crippen LogP contribution in [0.25, 0.3) is 0 Å². The Morgan fingerprint density at radius 1 is 1.64 bits per heavy atom. The molecule has 56 valence electrons. The summed E-state index contributed by atoms with van der Waals surface area (Å²) >= 11 is 5.75. The van der Waals surface area contributed by atoms with E-state index in [2.05, 4.69) is 0 Å². The quantitative estimate of drug-likeness (QED) is 0.420. The van der Waals surface area contributed by atoms with E-state index in [0.29, 0.717) is 11.5 Å². The molecule has 0 aromatic heterocycles. The molecule has 1 aliphatic carbocycles. The van der Waals surface area contributed by atoms with Crippen LogP contribution < -0.4 is 34.7 Å². The van der Waals surface area contributed by atoms with Crippen molar-refractivity contribution in [3.63, 3.8) is 0 Å². The van der Waals surface area contributed by atoms with Crippen molar-refractivity contribution in [2.24, 2.45) is 0 Å². The Kier molecular flexibility index (Phi) is 4.38. The van der Waals surface area contributed by atoms with Gasteiger partial charge in [0.1, 0.15) is 0 Å². The minimum Gasteiger partial charge on any atom is -0.846 e. The van der Waals surface area contributed by atoms with E-state index in [1.165, 1.54) is 0 Å². The number of hydrogen-bond donors (Lipinski definition) is 0. The Balaban J connectivity index is 0.000001000. The predicted molar refractivity (Wildman–Crippen MR) is 40.7 cm³/mol. The molecular formula is C8H10ClNaO. The first-order chi connectivity index (χ1) is 4.51. The summed E-state index contributed by atoms with van der Waals surface area (Å²) in [7, 11) is 0. The van der Waals surface area contributed by atoms with Crippen LogP contribution in [-0.2, 0) is 0 Å². The van der Waals surface area contributed by atoms with E-state index >= 15 is 0 Å². The smallest absolute Gasteiger partial charge is 0.846 e. The third-order valence-electron chi connectivity index (χ3n) is 1.61. The van der Waals surface area contributed by atoms with Crippen molar-refractivity contribution >= 4 is 11.6 Å². The van der Waals surface area contributed by atoms with Crippen molar-refractivity contribution in [2.45, 2.75) is 25.9 Å². The largest absolute Gasteiger partial charge is 1.00 e. The Labute approximate surface area is 94.4 Å². The molecule has 1 unspecified atom stereocenters. The van der Waals surface area contributed by atoms with Crippen molar-refractivity contribution in [3.8, 4) is 0 Å². The molecule has 1 atom stereocenters. The molecule has 0 aromatic carbocycles. The van der Waals surface area contributed by atoms with Gasteiger partial charge in [-0.1, -0.05) is 35.8 Å². The van der Waals surface area contributed by atoms with Crippen LogP contribution in [0.2, 0.25) is 0 Å². The SMILES string of the molecule is CC1=C(Cl)C=CC(C)([O-])C1.[Na+]. The molecule has 0 saturated carbocycles. The molecule has 0 radical (unpaired) electrons. The molecular weight excluding hydrogens is 171 g/mol. The Bertz CT molecular complexity index is 206. The third-order valence-corrected chi connectivity index (χ3v) is 2.05. The fraction of sp³-hybridized carbons (Fsp3) is 0.500. The molecule has 0 heterocycles. The van der Waals surface area contributed by atoms with Gasteiger partial charge in [0.25, 0.3) is 0 Å². The molecule has 0 bridgehead atoms. The normalized spacial score (nSPS) is 30.2. The molecule has 0 N–H and O–H groups in total. The topological polar surface area (TPSA) is 23.1 Å². The number of allylic oxidation sites excluding steroid dienone is 2. The van der Waals surface area contributed by atoms with Crippen LogP contribution in [0.1, 0.15) is 20.3 Å². The maximum atomic E-state index is 11.3. The molecule has 0 saturated heterocycles. The first-order valence-electron chi connectivity index (χ1n) is 3.26. The first-order valence-corrected chi connectivity index (χ1v) is 3.64. The van der Waals surface area contributed by atoms with Crippen LogP contribution in [0.15, 0.2) is 22.8 Å². The summed E-state index contributed by atoms with van der Waals surface area (Å²) < 4.78 is 0. The second kappa shape index (κ2) is 4.11. The van der Waals surface area contributed by atoms with Gasteiger partial charge in [0.2, 0.25) is 0 Å². The van der Waals surface area contributed by atoms with Gasteiger partial charge in [-0.15, -0.1) is 0 Å². The molecule has 1 aliphatic rings. The van der Waals surface area contributed by atoms with Gasteiger partial charge in [-0.2, -0.15) is 0 Å². The summed E-state index contributed by atoms with van der Waals surface area (Å²) in [5.41, 5.74) is 0.0457. The van der Waals surface area contributed by atoms with Crippen LogP contribution in [0.3, 0.4) is 0 Å². The van der Waals surface area contributed by atoms with E-state index in [9.17, 15) is 5.11 Å². The van der Waals surface area contributed by atoms with Gasteiger partial charge in [0.15, 0.2) is 0 Å². The molecule has 0 spiro atoms. The Hall–Kier alpha value is 0.730. The molecule has 0 fully saturated rings. The molecule has 1 rings (SSSR count). The van der Waals surface area contributed by atoms with Crippen molar-refractivity contribution in [2.75, 3.05) is 0 Å². The van der Waals surface area contributed by atoms with E-state index in [0.717, 1.165) is 5.57 Å². The van der Waals surface area contributed by atoms with Gasteiger partial charge in [-0.25, -0.2) is 0 Å². The summed E-state index contributed by atoms with van der Waals surface area (Å²) in [5.74, 6) is 0. The average molecular weight is 181 g/mol. The van der Waals surface area contributed by atoms with Gasteiger partial charge in [0, 0.05) is 5.03 Å². The molecule has 11 heavy (non-hydrogen) atoms. The molecule has 0 aromatic rings. The first kappa shape index (κ1) is 11.7. The van der Waals surface area contributed by atoms with E-state index in [4.69, 9.17) is 11.6 Å². The standard InChI is InChI=1S/C8H10ClO.Na/c1-6-5-8(2,10)4-3-7(6)9;/h3-4H,5H2,1-2H3;/q-1;+1. The van der Waals surface area contributed by atoms with Crippen LogP contribution in [0.4, 0.5) is 0 Å². The zero-order chi connectivity index (χ0) is 7.78. The second-order valence-electron chi connectivity index (χ2n) is 2.95. The number of rotatable bonds is 0. The Morgan fingerprint density at radius 2 is 2.18 bits per heavy atom. The zero-order valence-corrected chi connectivity index (χ0v) is 9.90. The second-order valence-corrected chi connectivity index (χ2v) is 3.36. The maximum absolute atomic E-state index is 11.3. The maximum Gasteiger partial charge on any atom is 1.00 e. The summed E-state index contributed by atoms with van der Waals surface area (Å²) in [6.07, 6.45) is 3.83. The molecule has 1 nitrogen and oxygen atoms in total. The van der Waals surface area contributed by atoms with Gasteiger partial charge in [-0.05, 0) is 19.4 Å². The van der Waals surface area contributed by atoms with E-state index in [1.54, 1.807) is 19.1 Å². The molecule has 0 amide bonds. The summed E-state index contributed by atoms with van der Waals surface area (Å²) in [6.45, 7) is 3.55. The van der Waals surface area contributed by atoms with Gasteiger partial charge in [0.05, 0.1) is 0 Å². The van der Waals surface area contributed by atoms with Crippen molar-refractivity contribution in [1.82, 2.24) is 0 Å². The van der Waals surface area contributed by atoms with Gasteiger partial charge in [-0.3, -0.25) is 0 Å². The molecule has 3 heteroatoms.